The second kappa shape index (κ2) is 13.9. The minimum atomic E-state index is -3.12. The van der Waals surface area contributed by atoms with Gasteiger partial charge in [-0.25, -0.2) is 4.98 Å². The van der Waals surface area contributed by atoms with Gasteiger partial charge in [0.15, 0.2) is 0 Å². The second-order valence-electron chi connectivity index (χ2n) is 14.0. The van der Waals surface area contributed by atoms with Crippen LogP contribution in [0.1, 0.15) is 0 Å². The van der Waals surface area contributed by atoms with E-state index >= 15 is 0 Å². The first-order valence-corrected chi connectivity index (χ1v) is 20.6. The third-order valence-electron chi connectivity index (χ3n) is 11.0. The number of anilines is 3. The van der Waals surface area contributed by atoms with E-state index in [1.807, 2.05) is 73.9 Å². The Hall–Kier alpha value is -6.56. The molecule has 0 atom stereocenters. The van der Waals surface area contributed by atoms with Crippen LogP contribution in [0.15, 0.2) is 180 Å². The van der Waals surface area contributed by atoms with Gasteiger partial charge in [0, 0.05) is 30.1 Å². The van der Waals surface area contributed by atoms with Crippen molar-refractivity contribution in [3.8, 4) is 22.9 Å². The molecule has 0 radical (unpaired) electrons. The molecule has 0 amide bonds. The van der Waals surface area contributed by atoms with Crippen LogP contribution in [-0.2, 0) is 27.5 Å². The number of hydrogen-bond donors (Lipinski definition) is 0. The minimum Gasteiger partial charge on any atom is -0.512 e. The maximum Gasteiger partial charge on any atom is 2.00 e. The summed E-state index contributed by atoms with van der Waals surface area (Å²) >= 11 is 0. The zero-order valence-corrected chi connectivity index (χ0v) is 33.2. The molecule has 1 aliphatic heterocycles. The minimum absolute atomic E-state index is 0. The smallest absolute Gasteiger partial charge is 0.512 e. The van der Waals surface area contributed by atoms with Gasteiger partial charge in [0.25, 0.3) is 0 Å². The molecule has 57 heavy (non-hydrogen) atoms. The first kappa shape index (κ1) is 34.9. The van der Waals surface area contributed by atoms with Crippen LogP contribution in [-0.4, -0.2) is 22.6 Å². The number of furan rings is 1. The van der Waals surface area contributed by atoms with Crippen LogP contribution in [0.3, 0.4) is 0 Å². The van der Waals surface area contributed by atoms with Crippen molar-refractivity contribution in [3.05, 3.63) is 188 Å². The van der Waals surface area contributed by atoms with E-state index < -0.39 is 8.07 Å². The predicted molar refractivity (Wildman–Crippen MR) is 227 cm³/mol. The molecule has 0 bridgehead atoms. The van der Waals surface area contributed by atoms with Gasteiger partial charge in [-0.15, -0.1) is 35.0 Å². The molecule has 0 fully saturated rings. The zero-order valence-electron chi connectivity index (χ0n) is 30.7. The molecular formula is C49H32N4O2PdSi. The van der Waals surface area contributed by atoms with Crippen LogP contribution < -0.4 is 30.4 Å². The quantitative estimate of drug-likeness (QED) is 0.124. The molecule has 10 aromatic rings. The fraction of sp³-hybridized carbons (Fsp3) is 0.0204. The summed E-state index contributed by atoms with van der Waals surface area (Å²) in [6.45, 7) is 0. The Morgan fingerprint density at radius 1 is 0.667 bits per heavy atom. The molecule has 8 heteroatoms. The van der Waals surface area contributed by atoms with Gasteiger partial charge in [-0.3, -0.25) is 4.98 Å². The first-order chi connectivity index (χ1) is 27.7. The first-order valence-electron chi connectivity index (χ1n) is 18.6. The van der Waals surface area contributed by atoms with E-state index in [1.54, 1.807) is 0 Å². The molecule has 0 unspecified atom stereocenters. The molecule has 0 N–H and O–H groups in total. The molecule has 0 saturated heterocycles. The Bertz CT molecular complexity index is 3050. The van der Waals surface area contributed by atoms with Crippen molar-refractivity contribution in [2.45, 2.75) is 0 Å². The Balaban J connectivity index is 0.00000396. The largest absolute Gasteiger partial charge is 2.00 e. The van der Waals surface area contributed by atoms with Gasteiger partial charge < -0.3 is 18.6 Å². The second-order valence-corrected chi connectivity index (χ2v) is 17.7. The van der Waals surface area contributed by atoms with Crippen molar-refractivity contribution < 1.29 is 29.6 Å². The number of aromatic nitrogens is 3. The summed E-state index contributed by atoms with van der Waals surface area (Å²) in [6, 6.07) is 66.5. The SMILES string of the molecule is Cn1c(-c2[c-]c(Oc3[c-]c4c(c5c3oc3ccccc35)[Si](c3ccccc3)(c3ccccc3)c3ccccc3N4c3ccccn3)ccc2)nc2ccccc21.[Pd+2]. The van der Waals surface area contributed by atoms with E-state index in [4.69, 9.17) is 19.1 Å². The Morgan fingerprint density at radius 3 is 2.14 bits per heavy atom. The van der Waals surface area contributed by atoms with Crippen molar-refractivity contribution >= 4 is 79.0 Å². The molecule has 6 nitrogen and oxygen atoms in total. The van der Waals surface area contributed by atoms with Gasteiger partial charge in [0.05, 0.1) is 28.2 Å². The van der Waals surface area contributed by atoms with E-state index in [0.29, 0.717) is 17.1 Å². The average Bonchev–Trinajstić information content (AvgIpc) is 3.82. The van der Waals surface area contributed by atoms with Gasteiger partial charge >= 0.3 is 20.4 Å². The molecule has 0 saturated carbocycles. The van der Waals surface area contributed by atoms with Crippen LogP contribution >= 0.6 is 0 Å². The van der Waals surface area contributed by atoms with Crippen molar-refractivity contribution in [1.29, 1.82) is 0 Å². The van der Waals surface area contributed by atoms with E-state index in [-0.39, 0.29) is 20.4 Å². The average molecular weight is 843 g/mol. The summed E-state index contributed by atoms with van der Waals surface area (Å²) in [5.74, 6) is 2.59. The summed E-state index contributed by atoms with van der Waals surface area (Å²) in [5.41, 5.74) is 6.15. The number of benzene rings is 7. The molecular weight excluding hydrogens is 811 g/mol. The standard InChI is InChI=1S/C49H32N4O2Si.Pd/c1-52-39-25-10-9-24-38(39)51-49(52)33-17-16-18-34(31-33)54-43-32-41-48(46-37-23-8-12-27-42(37)55-47(43)46)56(35-19-4-2-5-20-35,36-21-6-3-7-22-36)44-28-13-11-26-40(44)53(41)45-29-14-15-30-50-45;/h2-30H,1H3;/q-2;+2. The number of fused-ring (bicyclic) bond motifs is 7. The third kappa shape index (κ3) is 5.33. The maximum atomic E-state index is 6.94. The summed E-state index contributed by atoms with van der Waals surface area (Å²) in [4.78, 5) is 12.1. The molecule has 3 aromatic heterocycles. The zero-order chi connectivity index (χ0) is 37.2. The number of rotatable bonds is 6. The molecule has 1 aliphatic rings. The van der Waals surface area contributed by atoms with Gasteiger partial charge in [-0.2, -0.15) is 0 Å². The van der Waals surface area contributed by atoms with Gasteiger partial charge in [0.1, 0.15) is 19.5 Å². The van der Waals surface area contributed by atoms with E-state index in [1.165, 1.54) is 20.7 Å². The fourth-order valence-corrected chi connectivity index (χ4v) is 13.9. The Labute approximate surface area is 344 Å². The number of hydrogen-bond acceptors (Lipinski definition) is 5. The molecule has 11 rings (SSSR count). The molecule has 4 heterocycles. The normalized spacial score (nSPS) is 13.0. The van der Waals surface area contributed by atoms with Crippen LogP contribution in [0.5, 0.6) is 11.5 Å². The van der Waals surface area contributed by atoms with Crippen molar-refractivity contribution in [2.75, 3.05) is 4.90 Å². The van der Waals surface area contributed by atoms with E-state index in [0.717, 1.165) is 56.0 Å². The van der Waals surface area contributed by atoms with Crippen molar-refractivity contribution in [1.82, 2.24) is 14.5 Å². The van der Waals surface area contributed by atoms with Gasteiger partial charge in [-0.1, -0.05) is 143 Å². The van der Waals surface area contributed by atoms with Crippen LogP contribution in [0, 0.1) is 12.1 Å². The maximum absolute atomic E-state index is 6.94. The number of nitrogens with zero attached hydrogens (tertiary/aromatic N) is 4. The number of para-hydroxylation sites is 4. The van der Waals surface area contributed by atoms with E-state index in [2.05, 4.69) is 131 Å². The summed E-state index contributed by atoms with van der Waals surface area (Å²) in [6.07, 6.45) is 1.84. The number of ether oxygens (including phenoxy) is 1. The summed E-state index contributed by atoms with van der Waals surface area (Å²) < 4.78 is 15.9. The van der Waals surface area contributed by atoms with Crippen molar-refractivity contribution in [3.63, 3.8) is 0 Å². The number of aryl methyl sites for hydroxylation is 1. The summed E-state index contributed by atoms with van der Waals surface area (Å²) in [7, 11) is -1.09. The number of imidazole rings is 1. The predicted octanol–water partition coefficient (Wildman–Crippen LogP) is 9.09. The molecule has 0 aliphatic carbocycles. The van der Waals surface area contributed by atoms with E-state index in [9.17, 15) is 0 Å². The fourth-order valence-electron chi connectivity index (χ4n) is 8.65. The van der Waals surface area contributed by atoms with Crippen LogP contribution in [0.2, 0.25) is 0 Å². The van der Waals surface area contributed by atoms with Gasteiger partial charge in [-0.05, 0) is 41.6 Å². The molecule has 274 valence electrons. The molecule has 0 spiro atoms. The number of pyridine rings is 1. The van der Waals surface area contributed by atoms with Gasteiger partial charge in [0.2, 0.25) is 0 Å². The van der Waals surface area contributed by atoms with Crippen molar-refractivity contribution in [2.24, 2.45) is 7.05 Å². The van der Waals surface area contributed by atoms with Crippen LogP contribution in [0.4, 0.5) is 17.2 Å². The molecule has 7 aromatic carbocycles. The monoisotopic (exact) mass is 842 g/mol. The topological polar surface area (TPSA) is 56.3 Å². The third-order valence-corrected chi connectivity index (χ3v) is 15.8. The van der Waals surface area contributed by atoms with Crippen LogP contribution in [0.25, 0.3) is 44.4 Å². The summed E-state index contributed by atoms with van der Waals surface area (Å²) in [5, 5.41) is 6.97. The Morgan fingerprint density at radius 2 is 1.37 bits per heavy atom. The Kier molecular flexibility index (Phi) is 8.49.